The van der Waals surface area contributed by atoms with E-state index in [1.807, 2.05) is 13.8 Å². The summed E-state index contributed by atoms with van der Waals surface area (Å²) in [4.78, 5) is 5.49. The lowest BCUT2D eigenvalue weighted by atomic mass is 9.93. The fraction of sp³-hybridized carbons (Fsp3) is 1.00. The minimum atomic E-state index is 0.499. The highest BCUT2D eigenvalue weighted by Gasteiger charge is 2.41. The van der Waals surface area contributed by atoms with Crippen molar-refractivity contribution < 1.29 is 0 Å². The summed E-state index contributed by atoms with van der Waals surface area (Å²) < 4.78 is 0. The molecule has 0 aliphatic carbocycles. The van der Waals surface area contributed by atoms with Gasteiger partial charge in [0.25, 0.3) is 0 Å². The van der Waals surface area contributed by atoms with Crippen LogP contribution in [0.2, 0.25) is 0 Å². The molecule has 2 heteroatoms. The Bertz CT molecular complexity index is 229. The van der Waals surface area contributed by atoms with Crippen LogP contribution in [-0.2, 0) is 0 Å². The number of piperazine rings is 1. The average molecular weight is 254 g/mol. The Morgan fingerprint density at radius 3 is 2.44 bits per heavy atom. The first-order valence-electron chi connectivity index (χ1n) is 8.18. The second-order valence-corrected chi connectivity index (χ2v) is 5.91. The Hall–Kier alpha value is -0.0800. The van der Waals surface area contributed by atoms with Gasteiger partial charge in [0.1, 0.15) is 0 Å². The van der Waals surface area contributed by atoms with Gasteiger partial charge < -0.3 is 0 Å². The highest BCUT2D eigenvalue weighted by Crippen LogP contribution is 2.33. The van der Waals surface area contributed by atoms with Gasteiger partial charge in [-0.1, -0.05) is 34.1 Å². The first kappa shape index (κ1) is 16.0. The molecule has 0 saturated carbocycles. The molecule has 2 nitrogen and oxygen atoms in total. The Morgan fingerprint density at radius 2 is 1.83 bits per heavy atom. The van der Waals surface area contributed by atoms with Crippen LogP contribution in [0.4, 0.5) is 0 Å². The molecule has 0 aromatic carbocycles. The molecular weight excluding hydrogens is 220 g/mol. The first-order valence-corrected chi connectivity index (χ1v) is 8.18. The van der Waals surface area contributed by atoms with Crippen molar-refractivity contribution in [3.63, 3.8) is 0 Å². The van der Waals surface area contributed by atoms with Crippen molar-refractivity contribution in [3.8, 4) is 0 Å². The Kier molecular flexibility index (Phi) is 6.65. The third-order valence-electron chi connectivity index (χ3n) is 4.72. The molecule has 0 radical (unpaired) electrons. The van der Waals surface area contributed by atoms with Gasteiger partial charge in [0.2, 0.25) is 0 Å². The zero-order valence-electron chi connectivity index (χ0n) is 13.3. The quantitative estimate of drug-likeness (QED) is 0.753. The molecule has 0 bridgehead atoms. The molecule has 0 N–H and O–H groups in total. The number of hydrogen-bond acceptors (Lipinski definition) is 2. The smallest absolute Gasteiger partial charge is 0.0309 e. The van der Waals surface area contributed by atoms with Crippen LogP contribution >= 0.6 is 0 Å². The minimum absolute atomic E-state index is 0.499. The SMILES string of the molecule is CC.CCCC(CC)N1CCN2CCC[C@]2(C)C1. The van der Waals surface area contributed by atoms with E-state index in [0.717, 1.165) is 6.04 Å². The van der Waals surface area contributed by atoms with Crippen LogP contribution in [0.5, 0.6) is 0 Å². The molecule has 0 spiro atoms. The van der Waals surface area contributed by atoms with Crippen LogP contribution in [0.1, 0.15) is 66.7 Å². The van der Waals surface area contributed by atoms with E-state index < -0.39 is 0 Å². The first-order chi connectivity index (χ1) is 8.69. The molecule has 2 heterocycles. The molecule has 2 atom stereocenters. The standard InChI is InChI=1S/C14H28N2.C2H6/c1-4-7-13(5-2)15-10-11-16-9-6-8-14(16,3)12-15;1-2/h13H,4-12H2,1-3H3;1-2H3/t13?,14-;/m1./s1. The second kappa shape index (κ2) is 7.49. The summed E-state index contributed by atoms with van der Waals surface area (Å²) in [5.74, 6) is 0. The van der Waals surface area contributed by atoms with Crippen molar-refractivity contribution in [2.45, 2.75) is 78.3 Å². The maximum atomic E-state index is 2.77. The van der Waals surface area contributed by atoms with Crippen LogP contribution in [0, 0.1) is 0 Å². The third-order valence-corrected chi connectivity index (χ3v) is 4.72. The lowest BCUT2D eigenvalue weighted by Crippen LogP contribution is -2.59. The van der Waals surface area contributed by atoms with Gasteiger partial charge in [0.05, 0.1) is 0 Å². The largest absolute Gasteiger partial charge is 0.297 e. The number of nitrogens with zero attached hydrogens (tertiary/aromatic N) is 2. The molecule has 0 aromatic rings. The van der Waals surface area contributed by atoms with Crippen molar-refractivity contribution in [3.05, 3.63) is 0 Å². The van der Waals surface area contributed by atoms with Crippen molar-refractivity contribution in [2.24, 2.45) is 0 Å². The summed E-state index contributed by atoms with van der Waals surface area (Å²) in [6, 6.07) is 0.838. The van der Waals surface area contributed by atoms with Crippen LogP contribution in [0.3, 0.4) is 0 Å². The molecule has 2 rings (SSSR count). The van der Waals surface area contributed by atoms with Crippen LogP contribution < -0.4 is 0 Å². The van der Waals surface area contributed by atoms with Gasteiger partial charge in [-0.05, 0) is 39.2 Å². The maximum Gasteiger partial charge on any atom is 0.0309 e. The predicted molar refractivity (Wildman–Crippen MR) is 81.1 cm³/mol. The van der Waals surface area contributed by atoms with Gasteiger partial charge in [-0.2, -0.15) is 0 Å². The topological polar surface area (TPSA) is 6.48 Å². The number of fused-ring (bicyclic) bond motifs is 1. The monoisotopic (exact) mass is 254 g/mol. The zero-order chi connectivity index (χ0) is 13.6. The van der Waals surface area contributed by atoms with E-state index in [-0.39, 0.29) is 0 Å². The minimum Gasteiger partial charge on any atom is -0.297 e. The molecule has 18 heavy (non-hydrogen) atoms. The van der Waals surface area contributed by atoms with E-state index in [2.05, 4.69) is 30.6 Å². The molecule has 1 unspecified atom stereocenters. The molecular formula is C16H34N2. The average Bonchev–Trinajstić information content (AvgIpc) is 2.78. The lowest BCUT2D eigenvalue weighted by Gasteiger charge is -2.47. The van der Waals surface area contributed by atoms with Gasteiger partial charge >= 0.3 is 0 Å². The molecule has 2 saturated heterocycles. The van der Waals surface area contributed by atoms with E-state index in [0.29, 0.717) is 5.54 Å². The molecule has 0 aromatic heterocycles. The summed E-state index contributed by atoms with van der Waals surface area (Å²) in [6.45, 7) is 16.4. The van der Waals surface area contributed by atoms with Gasteiger partial charge in [-0.15, -0.1) is 0 Å². The molecule has 2 aliphatic heterocycles. The molecule has 0 amide bonds. The normalized spacial score (nSPS) is 30.5. The summed E-state index contributed by atoms with van der Waals surface area (Å²) in [6.07, 6.45) is 6.85. The molecule has 108 valence electrons. The van der Waals surface area contributed by atoms with E-state index >= 15 is 0 Å². The maximum absolute atomic E-state index is 2.77. The van der Waals surface area contributed by atoms with E-state index in [1.165, 1.54) is 58.3 Å². The van der Waals surface area contributed by atoms with Crippen LogP contribution in [-0.4, -0.2) is 47.6 Å². The Balaban J connectivity index is 0.000000771. The summed E-state index contributed by atoms with van der Waals surface area (Å²) in [7, 11) is 0. The van der Waals surface area contributed by atoms with Gasteiger partial charge in [0, 0.05) is 31.2 Å². The number of rotatable bonds is 4. The highest BCUT2D eigenvalue weighted by molar-refractivity contribution is 4.99. The van der Waals surface area contributed by atoms with Gasteiger partial charge in [0.15, 0.2) is 0 Å². The van der Waals surface area contributed by atoms with Crippen molar-refractivity contribution in [1.82, 2.24) is 9.80 Å². The van der Waals surface area contributed by atoms with E-state index in [1.54, 1.807) is 0 Å². The van der Waals surface area contributed by atoms with Crippen molar-refractivity contribution in [2.75, 3.05) is 26.2 Å². The van der Waals surface area contributed by atoms with E-state index in [4.69, 9.17) is 0 Å². The fourth-order valence-electron chi connectivity index (χ4n) is 3.70. The van der Waals surface area contributed by atoms with Crippen molar-refractivity contribution >= 4 is 0 Å². The fourth-order valence-corrected chi connectivity index (χ4v) is 3.70. The summed E-state index contributed by atoms with van der Waals surface area (Å²) in [5.41, 5.74) is 0.499. The molecule has 2 aliphatic rings. The summed E-state index contributed by atoms with van der Waals surface area (Å²) >= 11 is 0. The second-order valence-electron chi connectivity index (χ2n) is 5.91. The third kappa shape index (κ3) is 3.48. The van der Waals surface area contributed by atoms with Crippen LogP contribution in [0.25, 0.3) is 0 Å². The highest BCUT2D eigenvalue weighted by atomic mass is 15.3. The lowest BCUT2D eigenvalue weighted by molar-refractivity contribution is 0.0136. The Labute approximate surface area is 115 Å². The predicted octanol–water partition coefficient (Wildman–Crippen LogP) is 3.76. The van der Waals surface area contributed by atoms with Crippen LogP contribution in [0.15, 0.2) is 0 Å². The zero-order valence-corrected chi connectivity index (χ0v) is 13.3. The Morgan fingerprint density at radius 1 is 1.11 bits per heavy atom. The van der Waals surface area contributed by atoms with Gasteiger partial charge in [-0.25, -0.2) is 0 Å². The van der Waals surface area contributed by atoms with Crippen molar-refractivity contribution in [1.29, 1.82) is 0 Å². The molecule has 2 fully saturated rings. The summed E-state index contributed by atoms with van der Waals surface area (Å²) in [5, 5.41) is 0. The van der Waals surface area contributed by atoms with E-state index in [9.17, 15) is 0 Å². The number of hydrogen-bond donors (Lipinski definition) is 0. The van der Waals surface area contributed by atoms with Gasteiger partial charge in [-0.3, -0.25) is 9.80 Å².